The highest BCUT2D eigenvalue weighted by atomic mass is 35.5. The Morgan fingerprint density at radius 1 is 0.933 bits per heavy atom. The van der Waals surface area contributed by atoms with Crippen LogP contribution in [0, 0.1) is 0 Å². The van der Waals surface area contributed by atoms with Gasteiger partial charge in [0.2, 0.25) is 17.5 Å². The standard InChI is InChI=1S/C24H23ClN2O3/c1-15(28)27(18-13-11-16(25)12-14-18)22-21(26-17-7-3-2-4-8-17)23(29)19-9-5-6-10-20(19)24(22)30/h5-6,9-14,17,26H,2-4,7-8H2,1H3. The Labute approximate surface area is 180 Å². The molecule has 0 aliphatic heterocycles. The molecule has 0 bridgehead atoms. The number of hydrogen-bond donors (Lipinski definition) is 1. The lowest BCUT2D eigenvalue weighted by Crippen LogP contribution is -2.43. The third-order valence-electron chi connectivity index (χ3n) is 5.67. The third kappa shape index (κ3) is 3.77. The number of rotatable bonds is 4. The molecule has 2 aliphatic rings. The topological polar surface area (TPSA) is 66.5 Å². The van der Waals surface area contributed by atoms with Gasteiger partial charge < -0.3 is 5.32 Å². The minimum absolute atomic E-state index is 0.0825. The van der Waals surface area contributed by atoms with Crippen molar-refractivity contribution in [3.63, 3.8) is 0 Å². The van der Waals surface area contributed by atoms with Crippen LogP contribution in [0.1, 0.15) is 59.7 Å². The van der Waals surface area contributed by atoms with Gasteiger partial charge >= 0.3 is 0 Å². The maximum Gasteiger partial charge on any atom is 0.228 e. The molecule has 0 aromatic heterocycles. The summed E-state index contributed by atoms with van der Waals surface area (Å²) in [5, 5.41) is 3.86. The van der Waals surface area contributed by atoms with Crippen molar-refractivity contribution >= 4 is 34.8 Å². The van der Waals surface area contributed by atoms with Crippen LogP contribution in [0.5, 0.6) is 0 Å². The number of carbonyl (C=O) groups is 3. The predicted octanol–water partition coefficient (Wildman–Crippen LogP) is 4.91. The quantitative estimate of drug-likeness (QED) is 0.760. The second-order valence-corrected chi connectivity index (χ2v) is 8.17. The number of allylic oxidation sites excluding steroid dienone is 2. The molecular weight excluding hydrogens is 400 g/mol. The molecule has 1 amide bonds. The van der Waals surface area contributed by atoms with Gasteiger partial charge in [0.25, 0.3) is 0 Å². The number of ketones is 2. The van der Waals surface area contributed by atoms with Gasteiger partial charge in [0, 0.05) is 34.8 Å². The van der Waals surface area contributed by atoms with Crippen LogP contribution >= 0.6 is 11.6 Å². The number of carbonyl (C=O) groups excluding carboxylic acids is 3. The molecule has 1 fully saturated rings. The van der Waals surface area contributed by atoms with Crippen molar-refractivity contribution in [3.05, 3.63) is 76.1 Å². The normalized spacial score (nSPS) is 17.0. The van der Waals surface area contributed by atoms with E-state index in [0.717, 1.165) is 25.7 Å². The van der Waals surface area contributed by atoms with E-state index in [1.165, 1.54) is 18.2 Å². The Kier molecular flexibility index (Phi) is 5.73. The van der Waals surface area contributed by atoms with Crippen molar-refractivity contribution < 1.29 is 14.4 Å². The average molecular weight is 423 g/mol. The number of amides is 1. The number of halogens is 1. The molecule has 0 heterocycles. The number of hydrogen-bond acceptors (Lipinski definition) is 4. The van der Waals surface area contributed by atoms with Crippen LogP contribution in [0.4, 0.5) is 5.69 Å². The summed E-state index contributed by atoms with van der Waals surface area (Å²) in [6.07, 6.45) is 5.19. The molecule has 2 aromatic rings. The van der Waals surface area contributed by atoms with Crippen molar-refractivity contribution in [2.24, 2.45) is 0 Å². The number of fused-ring (bicyclic) bond motifs is 1. The van der Waals surface area contributed by atoms with Gasteiger partial charge in [0.05, 0.1) is 0 Å². The summed E-state index contributed by atoms with van der Waals surface area (Å²) in [6, 6.07) is 13.5. The van der Waals surface area contributed by atoms with Gasteiger partial charge in [-0.05, 0) is 37.1 Å². The average Bonchev–Trinajstić information content (AvgIpc) is 2.76. The molecule has 6 heteroatoms. The highest BCUT2D eigenvalue weighted by Crippen LogP contribution is 2.32. The molecule has 0 saturated heterocycles. The number of nitrogens with zero attached hydrogens (tertiary/aromatic N) is 1. The van der Waals surface area contributed by atoms with Crippen LogP contribution in [0.2, 0.25) is 5.02 Å². The summed E-state index contributed by atoms with van der Waals surface area (Å²) in [7, 11) is 0. The first kappa shape index (κ1) is 20.4. The predicted molar refractivity (Wildman–Crippen MR) is 117 cm³/mol. The minimum Gasteiger partial charge on any atom is -0.377 e. The van der Waals surface area contributed by atoms with Gasteiger partial charge in [0.15, 0.2) is 0 Å². The summed E-state index contributed by atoms with van der Waals surface area (Å²) in [6.45, 7) is 1.39. The van der Waals surface area contributed by atoms with E-state index in [2.05, 4.69) is 5.32 Å². The minimum atomic E-state index is -0.351. The number of benzene rings is 2. The summed E-state index contributed by atoms with van der Waals surface area (Å²) < 4.78 is 0. The maximum absolute atomic E-state index is 13.5. The SMILES string of the molecule is CC(=O)N(C1=C(NC2CCCCC2)C(=O)c2ccccc2C1=O)c1ccc(Cl)cc1. The molecule has 5 nitrogen and oxygen atoms in total. The van der Waals surface area contributed by atoms with Crippen LogP contribution in [0.3, 0.4) is 0 Å². The van der Waals surface area contributed by atoms with E-state index in [4.69, 9.17) is 11.6 Å². The molecule has 0 radical (unpaired) electrons. The molecule has 2 aromatic carbocycles. The number of nitrogens with one attached hydrogen (secondary N) is 1. The van der Waals surface area contributed by atoms with Crippen LogP contribution in [0.15, 0.2) is 59.9 Å². The second-order valence-electron chi connectivity index (χ2n) is 7.74. The Hall–Kier alpha value is -2.92. The highest BCUT2D eigenvalue weighted by Gasteiger charge is 2.38. The molecule has 154 valence electrons. The van der Waals surface area contributed by atoms with Crippen molar-refractivity contribution in [2.75, 3.05) is 4.90 Å². The molecule has 0 unspecified atom stereocenters. The molecule has 1 saturated carbocycles. The smallest absolute Gasteiger partial charge is 0.228 e. The van der Waals surface area contributed by atoms with E-state index >= 15 is 0 Å². The lowest BCUT2D eigenvalue weighted by Gasteiger charge is -2.32. The van der Waals surface area contributed by atoms with Gasteiger partial charge in [-0.15, -0.1) is 0 Å². The first-order valence-electron chi connectivity index (χ1n) is 10.2. The van der Waals surface area contributed by atoms with Crippen molar-refractivity contribution in [2.45, 2.75) is 45.1 Å². The molecule has 1 N–H and O–H groups in total. The lowest BCUT2D eigenvalue weighted by molar-refractivity contribution is -0.116. The summed E-state index contributed by atoms with van der Waals surface area (Å²) in [4.78, 5) is 41.0. The van der Waals surface area contributed by atoms with Crippen molar-refractivity contribution in [1.29, 1.82) is 0 Å². The van der Waals surface area contributed by atoms with E-state index in [9.17, 15) is 14.4 Å². The second kappa shape index (κ2) is 8.44. The van der Waals surface area contributed by atoms with Gasteiger partial charge in [-0.2, -0.15) is 0 Å². The largest absolute Gasteiger partial charge is 0.377 e. The zero-order valence-corrected chi connectivity index (χ0v) is 17.5. The molecular formula is C24H23ClN2O3. The van der Waals surface area contributed by atoms with Crippen LogP contribution in [-0.2, 0) is 4.79 Å². The van der Waals surface area contributed by atoms with Gasteiger partial charge in [0.1, 0.15) is 11.4 Å². The van der Waals surface area contributed by atoms with E-state index in [-0.39, 0.29) is 34.9 Å². The molecule has 2 aliphatic carbocycles. The number of anilines is 1. The van der Waals surface area contributed by atoms with E-state index in [0.29, 0.717) is 21.8 Å². The van der Waals surface area contributed by atoms with Crippen molar-refractivity contribution in [3.8, 4) is 0 Å². The zero-order chi connectivity index (χ0) is 21.3. The van der Waals surface area contributed by atoms with E-state index in [1.807, 2.05) is 0 Å². The van der Waals surface area contributed by atoms with Crippen LogP contribution in [0.25, 0.3) is 0 Å². The van der Waals surface area contributed by atoms with Gasteiger partial charge in [-0.3, -0.25) is 19.3 Å². The Bertz CT molecular complexity index is 1040. The molecule has 30 heavy (non-hydrogen) atoms. The van der Waals surface area contributed by atoms with Crippen LogP contribution < -0.4 is 10.2 Å². The fourth-order valence-electron chi connectivity index (χ4n) is 4.22. The third-order valence-corrected chi connectivity index (χ3v) is 5.92. The Morgan fingerprint density at radius 2 is 1.53 bits per heavy atom. The fourth-order valence-corrected chi connectivity index (χ4v) is 4.35. The van der Waals surface area contributed by atoms with Gasteiger partial charge in [-0.25, -0.2) is 0 Å². The van der Waals surface area contributed by atoms with Crippen molar-refractivity contribution in [1.82, 2.24) is 5.32 Å². The zero-order valence-electron chi connectivity index (χ0n) is 16.8. The molecule has 4 rings (SSSR count). The van der Waals surface area contributed by atoms with E-state index in [1.54, 1.807) is 48.5 Å². The summed E-state index contributed by atoms with van der Waals surface area (Å²) in [5.74, 6) is -0.949. The Balaban J connectivity index is 1.87. The first-order valence-corrected chi connectivity index (χ1v) is 10.6. The molecule has 0 atom stereocenters. The highest BCUT2D eigenvalue weighted by molar-refractivity contribution is 6.31. The monoisotopic (exact) mass is 422 g/mol. The first-order chi connectivity index (χ1) is 14.5. The number of Topliss-reactive ketones (excluding diaryl/α,β-unsaturated/α-hetero) is 2. The summed E-state index contributed by atoms with van der Waals surface area (Å²) in [5.41, 5.74) is 1.45. The fraction of sp³-hybridized carbons (Fsp3) is 0.292. The molecule has 0 spiro atoms. The summed E-state index contributed by atoms with van der Waals surface area (Å²) >= 11 is 6.01. The maximum atomic E-state index is 13.5. The van der Waals surface area contributed by atoms with Crippen LogP contribution in [-0.4, -0.2) is 23.5 Å². The lowest BCUT2D eigenvalue weighted by atomic mass is 9.88. The van der Waals surface area contributed by atoms with Gasteiger partial charge in [-0.1, -0.05) is 55.1 Å². The Morgan fingerprint density at radius 3 is 2.13 bits per heavy atom. The van der Waals surface area contributed by atoms with E-state index < -0.39 is 0 Å².